The molecule has 1 aromatic rings. The third-order valence-electron chi connectivity index (χ3n) is 3.85. The molecule has 0 aliphatic heterocycles. The molecule has 0 amide bonds. The summed E-state index contributed by atoms with van der Waals surface area (Å²) in [5.41, 5.74) is 2.71. The van der Waals surface area contributed by atoms with E-state index in [9.17, 15) is 0 Å². The summed E-state index contributed by atoms with van der Waals surface area (Å²) in [5, 5.41) is 3.18. The lowest BCUT2D eigenvalue weighted by Gasteiger charge is -2.33. The Morgan fingerprint density at radius 3 is 2.35 bits per heavy atom. The first-order valence-corrected chi connectivity index (χ1v) is 6.77. The van der Waals surface area contributed by atoms with Crippen molar-refractivity contribution in [3.63, 3.8) is 0 Å². The Bertz CT molecular complexity index is 325. The number of nitrogens with zero attached hydrogens (tertiary/aromatic N) is 1. The lowest BCUT2D eigenvalue weighted by atomic mass is 9.94. The molecular weight excluding hydrogens is 208 g/mol. The lowest BCUT2D eigenvalue weighted by Crippen LogP contribution is -2.33. The Balaban J connectivity index is 2.00. The van der Waals surface area contributed by atoms with Gasteiger partial charge in [-0.25, -0.2) is 0 Å². The molecule has 2 rings (SSSR count). The molecule has 0 atom stereocenters. The van der Waals surface area contributed by atoms with Crippen LogP contribution in [0.5, 0.6) is 0 Å². The fourth-order valence-electron chi connectivity index (χ4n) is 2.73. The second-order valence-electron chi connectivity index (χ2n) is 5.10. The predicted molar refractivity (Wildman–Crippen MR) is 74.5 cm³/mol. The molecule has 0 aromatic heterocycles. The predicted octanol–water partition coefficient (Wildman–Crippen LogP) is 3.17. The zero-order valence-electron chi connectivity index (χ0n) is 11.1. The van der Waals surface area contributed by atoms with E-state index in [0.29, 0.717) is 0 Å². The highest BCUT2D eigenvalue weighted by Gasteiger charge is 2.17. The standard InChI is InChI=1S/C15H24N2/c1-16-12-13-8-10-15(11-9-13)17(2)14-6-4-3-5-7-14/h8-11,14,16H,3-7,12H2,1-2H3. The van der Waals surface area contributed by atoms with Crippen molar-refractivity contribution in [3.05, 3.63) is 29.8 Å². The number of nitrogens with one attached hydrogen (secondary N) is 1. The highest BCUT2D eigenvalue weighted by molar-refractivity contribution is 5.47. The molecule has 0 spiro atoms. The number of benzene rings is 1. The van der Waals surface area contributed by atoms with Gasteiger partial charge in [-0.2, -0.15) is 0 Å². The van der Waals surface area contributed by atoms with Crippen LogP contribution in [0.15, 0.2) is 24.3 Å². The summed E-state index contributed by atoms with van der Waals surface area (Å²) in [4.78, 5) is 2.46. The monoisotopic (exact) mass is 232 g/mol. The smallest absolute Gasteiger partial charge is 0.0366 e. The fraction of sp³-hybridized carbons (Fsp3) is 0.600. The van der Waals surface area contributed by atoms with Crippen LogP contribution in [0.4, 0.5) is 5.69 Å². The second-order valence-corrected chi connectivity index (χ2v) is 5.10. The van der Waals surface area contributed by atoms with Crippen LogP contribution in [0, 0.1) is 0 Å². The Kier molecular flexibility index (Phi) is 4.43. The van der Waals surface area contributed by atoms with Crippen LogP contribution in [-0.2, 0) is 6.54 Å². The van der Waals surface area contributed by atoms with Gasteiger partial charge < -0.3 is 10.2 Å². The van der Waals surface area contributed by atoms with Crippen molar-refractivity contribution in [1.82, 2.24) is 5.32 Å². The van der Waals surface area contributed by atoms with Crippen molar-refractivity contribution in [2.75, 3.05) is 19.0 Å². The summed E-state index contributed by atoms with van der Waals surface area (Å²) in [7, 11) is 4.23. The average Bonchev–Trinajstić information content (AvgIpc) is 2.40. The molecule has 1 aliphatic rings. The third-order valence-corrected chi connectivity index (χ3v) is 3.85. The summed E-state index contributed by atoms with van der Waals surface area (Å²) in [6.07, 6.45) is 6.93. The van der Waals surface area contributed by atoms with Gasteiger partial charge in [0.05, 0.1) is 0 Å². The molecule has 0 saturated heterocycles. The third kappa shape index (κ3) is 3.22. The minimum absolute atomic E-state index is 0.749. The van der Waals surface area contributed by atoms with Crippen molar-refractivity contribution in [2.45, 2.75) is 44.7 Å². The van der Waals surface area contributed by atoms with E-state index in [0.717, 1.165) is 12.6 Å². The van der Waals surface area contributed by atoms with Crippen LogP contribution in [0.2, 0.25) is 0 Å². The van der Waals surface area contributed by atoms with E-state index in [-0.39, 0.29) is 0 Å². The second kappa shape index (κ2) is 6.06. The van der Waals surface area contributed by atoms with Gasteiger partial charge in [-0.05, 0) is 37.6 Å². The van der Waals surface area contributed by atoms with Gasteiger partial charge >= 0.3 is 0 Å². The molecule has 1 fully saturated rings. The van der Waals surface area contributed by atoms with Crippen molar-refractivity contribution in [1.29, 1.82) is 0 Å². The molecule has 0 radical (unpaired) electrons. The minimum atomic E-state index is 0.749. The van der Waals surface area contributed by atoms with E-state index in [2.05, 4.69) is 41.5 Å². The van der Waals surface area contributed by atoms with E-state index in [1.165, 1.54) is 43.4 Å². The molecular formula is C15H24N2. The van der Waals surface area contributed by atoms with Gasteiger partial charge in [0.1, 0.15) is 0 Å². The quantitative estimate of drug-likeness (QED) is 0.857. The van der Waals surface area contributed by atoms with Crippen molar-refractivity contribution >= 4 is 5.69 Å². The molecule has 1 N–H and O–H groups in total. The van der Waals surface area contributed by atoms with Gasteiger partial charge in [-0.3, -0.25) is 0 Å². The molecule has 1 saturated carbocycles. The Hall–Kier alpha value is -1.02. The normalized spacial score (nSPS) is 17.1. The van der Waals surface area contributed by atoms with E-state index >= 15 is 0 Å². The van der Waals surface area contributed by atoms with E-state index < -0.39 is 0 Å². The molecule has 2 heteroatoms. The molecule has 94 valence electrons. The maximum Gasteiger partial charge on any atom is 0.0366 e. The van der Waals surface area contributed by atoms with Crippen LogP contribution in [0.3, 0.4) is 0 Å². The number of hydrogen-bond donors (Lipinski definition) is 1. The van der Waals surface area contributed by atoms with Crippen molar-refractivity contribution < 1.29 is 0 Å². The van der Waals surface area contributed by atoms with Gasteiger partial charge in [0, 0.05) is 25.3 Å². The molecule has 1 aromatic carbocycles. The zero-order chi connectivity index (χ0) is 12.1. The Labute approximate surface area is 105 Å². The molecule has 17 heavy (non-hydrogen) atoms. The summed E-state index contributed by atoms with van der Waals surface area (Å²) in [5.74, 6) is 0. The van der Waals surface area contributed by atoms with Gasteiger partial charge in [0.15, 0.2) is 0 Å². The highest BCUT2D eigenvalue weighted by atomic mass is 15.1. The van der Waals surface area contributed by atoms with Gasteiger partial charge in [0.2, 0.25) is 0 Å². The SMILES string of the molecule is CNCc1ccc(N(C)C2CCCCC2)cc1. The Morgan fingerprint density at radius 1 is 1.12 bits per heavy atom. The van der Waals surface area contributed by atoms with Crippen LogP contribution in [0.1, 0.15) is 37.7 Å². The number of hydrogen-bond acceptors (Lipinski definition) is 2. The van der Waals surface area contributed by atoms with Crippen LogP contribution in [0.25, 0.3) is 0 Å². The molecule has 0 heterocycles. The fourth-order valence-corrected chi connectivity index (χ4v) is 2.73. The van der Waals surface area contributed by atoms with Crippen LogP contribution >= 0.6 is 0 Å². The van der Waals surface area contributed by atoms with Crippen molar-refractivity contribution in [2.24, 2.45) is 0 Å². The molecule has 0 unspecified atom stereocenters. The van der Waals surface area contributed by atoms with Gasteiger partial charge in [-0.15, -0.1) is 0 Å². The number of rotatable bonds is 4. The van der Waals surface area contributed by atoms with E-state index in [1.807, 2.05) is 7.05 Å². The highest BCUT2D eigenvalue weighted by Crippen LogP contribution is 2.26. The first-order valence-electron chi connectivity index (χ1n) is 6.77. The molecule has 2 nitrogen and oxygen atoms in total. The van der Waals surface area contributed by atoms with Crippen LogP contribution in [-0.4, -0.2) is 20.1 Å². The Morgan fingerprint density at radius 2 is 1.76 bits per heavy atom. The summed E-state index contributed by atoms with van der Waals surface area (Å²) in [6, 6.07) is 9.71. The first-order chi connectivity index (χ1) is 8.31. The minimum Gasteiger partial charge on any atom is -0.372 e. The van der Waals surface area contributed by atoms with Crippen LogP contribution < -0.4 is 10.2 Å². The van der Waals surface area contributed by atoms with E-state index in [1.54, 1.807) is 0 Å². The maximum absolute atomic E-state index is 3.18. The first kappa shape index (κ1) is 12.4. The summed E-state index contributed by atoms with van der Waals surface area (Å²) >= 11 is 0. The summed E-state index contributed by atoms with van der Waals surface area (Å²) in [6.45, 7) is 0.952. The van der Waals surface area contributed by atoms with E-state index in [4.69, 9.17) is 0 Å². The maximum atomic E-state index is 3.18. The lowest BCUT2D eigenvalue weighted by molar-refractivity contribution is 0.427. The molecule has 1 aliphatic carbocycles. The van der Waals surface area contributed by atoms with Gasteiger partial charge in [0.25, 0.3) is 0 Å². The largest absolute Gasteiger partial charge is 0.372 e. The van der Waals surface area contributed by atoms with Gasteiger partial charge in [-0.1, -0.05) is 31.4 Å². The molecule has 0 bridgehead atoms. The zero-order valence-corrected chi connectivity index (χ0v) is 11.1. The topological polar surface area (TPSA) is 15.3 Å². The van der Waals surface area contributed by atoms with Crippen molar-refractivity contribution in [3.8, 4) is 0 Å². The summed E-state index contributed by atoms with van der Waals surface area (Å²) < 4.78 is 0. The number of anilines is 1. The average molecular weight is 232 g/mol.